The molecule has 0 saturated carbocycles. The van der Waals surface area contributed by atoms with Crippen LogP contribution >= 0.6 is 0 Å². The van der Waals surface area contributed by atoms with Crippen molar-refractivity contribution in [1.29, 1.82) is 0 Å². The molecule has 1 saturated heterocycles. The van der Waals surface area contributed by atoms with Crippen molar-refractivity contribution in [2.75, 3.05) is 60.0 Å². The fourth-order valence-electron chi connectivity index (χ4n) is 2.77. The average Bonchev–Trinajstić information content (AvgIpc) is 2.53. The second-order valence-corrected chi connectivity index (χ2v) is 6.61. The summed E-state index contributed by atoms with van der Waals surface area (Å²) >= 11 is 0. The van der Waals surface area contributed by atoms with E-state index in [4.69, 9.17) is 9.73 Å². The predicted molar refractivity (Wildman–Crippen MR) is 98.2 cm³/mol. The van der Waals surface area contributed by atoms with Gasteiger partial charge in [0.1, 0.15) is 0 Å². The van der Waals surface area contributed by atoms with E-state index in [1.807, 2.05) is 0 Å². The molecule has 1 heterocycles. The smallest absolute Gasteiger partial charge is 0.191 e. The topological polar surface area (TPSA) is 52.1 Å². The first-order valence-electron chi connectivity index (χ1n) is 9.03. The number of likely N-dealkylation sites (tertiary alicyclic amines) is 1. The lowest BCUT2D eigenvalue weighted by molar-refractivity contribution is 0.162. The predicted octanol–water partition coefficient (Wildman–Crippen LogP) is 0.993. The molecule has 0 atom stereocenters. The van der Waals surface area contributed by atoms with Gasteiger partial charge in [0.2, 0.25) is 0 Å². The van der Waals surface area contributed by atoms with E-state index in [1.165, 1.54) is 25.9 Å². The zero-order chi connectivity index (χ0) is 17.1. The summed E-state index contributed by atoms with van der Waals surface area (Å²) in [7, 11) is 3.85. The Balaban J connectivity index is 2.35. The Bertz CT molecular complexity index is 327. The van der Waals surface area contributed by atoms with E-state index in [-0.39, 0.29) is 0 Å². The number of piperidine rings is 1. The van der Waals surface area contributed by atoms with Gasteiger partial charge in [-0.2, -0.15) is 0 Å². The molecule has 0 bridgehead atoms. The second-order valence-electron chi connectivity index (χ2n) is 6.61. The van der Waals surface area contributed by atoms with Gasteiger partial charge in [0.25, 0.3) is 0 Å². The van der Waals surface area contributed by atoms with Crippen molar-refractivity contribution in [2.45, 2.75) is 45.7 Å². The summed E-state index contributed by atoms with van der Waals surface area (Å²) in [5, 5.41) is 6.97. The van der Waals surface area contributed by atoms with Crippen LogP contribution in [0.1, 0.15) is 33.6 Å². The van der Waals surface area contributed by atoms with Crippen LogP contribution < -0.4 is 10.6 Å². The van der Waals surface area contributed by atoms with Crippen molar-refractivity contribution < 1.29 is 4.74 Å². The van der Waals surface area contributed by atoms with Gasteiger partial charge in [0.15, 0.2) is 5.96 Å². The summed E-state index contributed by atoms with van der Waals surface area (Å²) in [5.41, 5.74) is 0. The molecule has 2 N–H and O–H groups in total. The number of rotatable bonds is 9. The van der Waals surface area contributed by atoms with Crippen molar-refractivity contribution in [3.05, 3.63) is 0 Å². The van der Waals surface area contributed by atoms with Crippen LogP contribution in [-0.2, 0) is 4.74 Å². The summed E-state index contributed by atoms with van der Waals surface area (Å²) in [6.07, 6.45) is 2.38. The molecule has 0 aromatic carbocycles. The molecular formula is C17H37N5O. The molecule has 1 fully saturated rings. The molecule has 6 nitrogen and oxygen atoms in total. The fourth-order valence-corrected chi connectivity index (χ4v) is 2.77. The number of nitrogens with zero attached hydrogens (tertiary/aromatic N) is 3. The lowest BCUT2D eigenvalue weighted by Crippen LogP contribution is -2.50. The van der Waals surface area contributed by atoms with E-state index in [2.05, 4.69) is 48.3 Å². The highest BCUT2D eigenvalue weighted by atomic mass is 16.5. The summed E-state index contributed by atoms with van der Waals surface area (Å²) in [5.74, 6) is 0.954. The maximum Gasteiger partial charge on any atom is 0.191 e. The van der Waals surface area contributed by atoms with Gasteiger partial charge in [-0.3, -0.25) is 4.99 Å². The maximum absolute atomic E-state index is 5.10. The van der Waals surface area contributed by atoms with Gasteiger partial charge in [-0.25, -0.2) is 0 Å². The number of hydrogen-bond acceptors (Lipinski definition) is 4. The van der Waals surface area contributed by atoms with Gasteiger partial charge in [-0.15, -0.1) is 0 Å². The number of guanidine groups is 1. The van der Waals surface area contributed by atoms with E-state index in [1.54, 1.807) is 7.11 Å². The molecule has 0 aromatic rings. The lowest BCUT2D eigenvalue weighted by atomic mass is 10.0. The Kier molecular flexibility index (Phi) is 10.2. The molecule has 23 heavy (non-hydrogen) atoms. The van der Waals surface area contributed by atoms with Crippen molar-refractivity contribution in [2.24, 2.45) is 4.99 Å². The van der Waals surface area contributed by atoms with Crippen LogP contribution in [0, 0.1) is 0 Å². The van der Waals surface area contributed by atoms with Gasteiger partial charge < -0.3 is 25.2 Å². The number of nitrogens with one attached hydrogen (secondary N) is 2. The third-order valence-corrected chi connectivity index (χ3v) is 4.37. The summed E-state index contributed by atoms with van der Waals surface area (Å²) < 4.78 is 5.10. The number of likely N-dealkylation sites (N-methyl/N-ethyl adjacent to an activating group) is 1. The van der Waals surface area contributed by atoms with Crippen molar-refractivity contribution in [3.63, 3.8) is 0 Å². The highest BCUT2D eigenvalue weighted by molar-refractivity contribution is 5.80. The molecule has 0 unspecified atom stereocenters. The molecule has 136 valence electrons. The Morgan fingerprint density at radius 1 is 1.30 bits per heavy atom. The first kappa shape index (κ1) is 20.2. The Morgan fingerprint density at radius 3 is 2.57 bits per heavy atom. The van der Waals surface area contributed by atoms with Crippen LogP contribution in [0.25, 0.3) is 0 Å². The highest BCUT2D eigenvalue weighted by Gasteiger charge is 2.21. The summed E-state index contributed by atoms with van der Waals surface area (Å²) in [4.78, 5) is 9.50. The van der Waals surface area contributed by atoms with Crippen LogP contribution in [-0.4, -0.2) is 87.9 Å². The zero-order valence-electron chi connectivity index (χ0n) is 15.8. The van der Waals surface area contributed by atoms with Gasteiger partial charge in [-0.05, 0) is 40.7 Å². The summed E-state index contributed by atoms with van der Waals surface area (Å²) in [6.45, 7) is 13.4. The molecular weight excluding hydrogens is 290 g/mol. The lowest BCUT2D eigenvalue weighted by Gasteiger charge is -2.35. The molecule has 0 aliphatic carbocycles. The molecule has 0 aromatic heterocycles. The van der Waals surface area contributed by atoms with Gasteiger partial charge in [0.05, 0.1) is 13.2 Å². The molecule has 0 spiro atoms. The zero-order valence-corrected chi connectivity index (χ0v) is 15.8. The van der Waals surface area contributed by atoms with E-state index in [0.717, 1.165) is 38.7 Å². The molecule has 6 heteroatoms. The Labute approximate surface area is 142 Å². The maximum atomic E-state index is 5.10. The standard InChI is InChI=1S/C17H37N5O/c1-6-18-17(19-9-12-21(4)13-14-23-5)20-16-7-10-22(11-8-16)15(2)3/h15-16H,6-14H2,1-5H3,(H2,18,19,20). The third kappa shape index (κ3) is 8.53. The minimum atomic E-state index is 0.536. The van der Waals surface area contributed by atoms with E-state index >= 15 is 0 Å². The van der Waals surface area contributed by atoms with Crippen LogP contribution in [0.15, 0.2) is 4.99 Å². The first-order valence-corrected chi connectivity index (χ1v) is 9.03. The first-order chi connectivity index (χ1) is 11.1. The molecule has 1 aliphatic rings. The molecule has 1 rings (SSSR count). The number of aliphatic imine (C=N–C) groups is 1. The number of hydrogen-bond donors (Lipinski definition) is 2. The van der Waals surface area contributed by atoms with E-state index in [0.29, 0.717) is 12.1 Å². The Morgan fingerprint density at radius 2 is 2.00 bits per heavy atom. The van der Waals surface area contributed by atoms with Gasteiger partial charge in [-0.1, -0.05) is 0 Å². The van der Waals surface area contributed by atoms with Crippen LogP contribution in [0.2, 0.25) is 0 Å². The molecule has 0 amide bonds. The highest BCUT2D eigenvalue weighted by Crippen LogP contribution is 2.12. The second kappa shape index (κ2) is 11.6. The van der Waals surface area contributed by atoms with E-state index in [9.17, 15) is 0 Å². The molecule has 0 radical (unpaired) electrons. The van der Waals surface area contributed by atoms with Crippen LogP contribution in [0.3, 0.4) is 0 Å². The normalized spacial score (nSPS) is 18.0. The average molecular weight is 328 g/mol. The van der Waals surface area contributed by atoms with Crippen molar-refractivity contribution in [3.8, 4) is 0 Å². The fraction of sp³-hybridized carbons (Fsp3) is 0.941. The minimum absolute atomic E-state index is 0.536. The summed E-state index contributed by atoms with van der Waals surface area (Å²) in [6, 6.07) is 1.19. The number of ether oxygens (including phenoxy) is 1. The van der Waals surface area contributed by atoms with Crippen molar-refractivity contribution in [1.82, 2.24) is 20.4 Å². The van der Waals surface area contributed by atoms with Gasteiger partial charge >= 0.3 is 0 Å². The van der Waals surface area contributed by atoms with Crippen LogP contribution in [0.4, 0.5) is 0 Å². The van der Waals surface area contributed by atoms with Crippen molar-refractivity contribution >= 4 is 5.96 Å². The monoisotopic (exact) mass is 327 g/mol. The van der Waals surface area contributed by atoms with Crippen LogP contribution in [0.5, 0.6) is 0 Å². The van der Waals surface area contributed by atoms with E-state index < -0.39 is 0 Å². The largest absolute Gasteiger partial charge is 0.383 e. The molecule has 1 aliphatic heterocycles. The SMILES string of the molecule is CCNC(=NCCN(C)CCOC)NC1CCN(C(C)C)CC1. The Hall–Kier alpha value is -0.850. The quantitative estimate of drug-likeness (QED) is 0.489. The number of methoxy groups -OCH3 is 1. The third-order valence-electron chi connectivity index (χ3n) is 4.37. The van der Waals surface area contributed by atoms with Gasteiger partial charge in [0, 0.05) is 51.9 Å². The minimum Gasteiger partial charge on any atom is -0.383 e.